The average molecular weight is 189 g/mol. The number of carbonyl (C=O) groups excluding carboxylic acids is 1. The second-order valence-corrected chi connectivity index (χ2v) is 3.31. The molecule has 0 radical (unpaired) electrons. The Kier molecular flexibility index (Phi) is 4.66. The first-order valence-electron chi connectivity index (χ1n) is 4.97. The van der Waals surface area contributed by atoms with E-state index in [1.165, 1.54) is 5.56 Å². The molecule has 0 saturated heterocycles. The van der Waals surface area contributed by atoms with Gasteiger partial charge in [0.2, 0.25) is 6.08 Å². The molecule has 1 aromatic rings. The van der Waals surface area contributed by atoms with Gasteiger partial charge in [-0.05, 0) is 24.8 Å². The Balaban J connectivity index is 2.43. The van der Waals surface area contributed by atoms with Crippen molar-refractivity contribution in [2.24, 2.45) is 4.99 Å². The van der Waals surface area contributed by atoms with E-state index in [2.05, 4.69) is 17.1 Å². The van der Waals surface area contributed by atoms with Crippen LogP contribution in [-0.4, -0.2) is 12.1 Å². The van der Waals surface area contributed by atoms with Crippen molar-refractivity contribution in [1.29, 1.82) is 0 Å². The van der Waals surface area contributed by atoms with Gasteiger partial charge in [0.1, 0.15) is 0 Å². The van der Waals surface area contributed by atoms with Crippen LogP contribution in [0.4, 0.5) is 0 Å². The van der Waals surface area contributed by atoms with E-state index in [0.717, 1.165) is 19.3 Å². The van der Waals surface area contributed by atoms with Crippen LogP contribution in [0.15, 0.2) is 35.3 Å². The second kappa shape index (κ2) is 6.11. The summed E-state index contributed by atoms with van der Waals surface area (Å²) >= 11 is 0. The van der Waals surface area contributed by atoms with Gasteiger partial charge in [-0.1, -0.05) is 37.3 Å². The average Bonchev–Trinajstić information content (AvgIpc) is 2.25. The fourth-order valence-electron chi connectivity index (χ4n) is 1.41. The van der Waals surface area contributed by atoms with Gasteiger partial charge in [0.25, 0.3) is 0 Å². The molecule has 2 nitrogen and oxygen atoms in total. The number of nitrogens with zero attached hydrogens (tertiary/aromatic N) is 1. The summed E-state index contributed by atoms with van der Waals surface area (Å²) in [7, 11) is 0. The molecule has 0 aliphatic rings. The Morgan fingerprint density at radius 3 is 2.64 bits per heavy atom. The highest BCUT2D eigenvalue weighted by atomic mass is 16.1. The number of aryl methyl sites for hydroxylation is 1. The van der Waals surface area contributed by atoms with Crippen molar-refractivity contribution in [3.05, 3.63) is 35.9 Å². The summed E-state index contributed by atoms with van der Waals surface area (Å²) in [6.45, 7) is 2.04. The maximum atomic E-state index is 10.1. The number of isocyanates is 1. The highest BCUT2D eigenvalue weighted by molar-refractivity contribution is 5.33. The Bertz CT molecular complexity index is 301. The summed E-state index contributed by atoms with van der Waals surface area (Å²) in [6.07, 6.45) is 4.44. The van der Waals surface area contributed by atoms with Crippen molar-refractivity contribution >= 4 is 6.08 Å². The van der Waals surface area contributed by atoms with E-state index in [9.17, 15) is 4.79 Å². The molecule has 1 aromatic carbocycles. The van der Waals surface area contributed by atoms with Crippen molar-refractivity contribution in [2.75, 3.05) is 0 Å². The van der Waals surface area contributed by atoms with Crippen LogP contribution in [0.5, 0.6) is 0 Å². The highest BCUT2D eigenvalue weighted by Gasteiger charge is 2.03. The van der Waals surface area contributed by atoms with E-state index in [1.807, 2.05) is 25.1 Å². The molecule has 0 fully saturated rings. The number of rotatable bonds is 5. The zero-order chi connectivity index (χ0) is 10.2. The lowest BCUT2D eigenvalue weighted by molar-refractivity contribution is 0.544. The predicted molar refractivity (Wildman–Crippen MR) is 57.0 cm³/mol. The summed E-state index contributed by atoms with van der Waals surface area (Å²) in [5.74, 6) is 0. The van der Waals surface area contributed by atoms with Crippen LogP contribution in [-0.2, 0) is 11.2 Å². The largest absolute Gasteiger partial charge is 0.235 e. The van der Waals surface area contributed by atoms with Crippen molar-refractivity contribution in [3.63, 3.8) is 0 Å². The monoisotopic (exact) mass is 189 g/mol. The zero-order valence-electron chi connectivity index (χ0n) is 8.44. The van der Waals surface area contributed by atoms with Crippen LogP contribution < -0.4 is 0 Å². The number of benzene rings is 1. The van der Waals surface area contributed by atoms with Gasteiger partial charge in [-0.3, -0.25) is 0 Å². The maximum absolute atomic E-state index is 10.1. The number of hydrogen-bond donors (Lipinski definition) is 0. The number of aliphatic imine (C=N–C) groups is 1. The van der Waals surface area contributed by atoms with E-state index in [-0.39, 0.29) is 6.04 Å². The first-order valence-corrected chi connectivity index (χ1v) is 4.97. The Morgan fingerprint density at radius 2 is 2.07 bits per heavy atom. The molecule has 14 heavy (non-hydrogen) atoms. The molecule has 0 amide bonds. The third-order valence-corrected chi connectivity index (χ3v) is 2.32. The fourth-order valence-corrected chi connectivity index (χ4v) is 1.41. The third kappa shape index (κ3) is 3.55. The molecule has 0 spiro atoms. The molecule has 0 heterocycles. The minimum atomic E-state index is 0.132. The number of hydrogen-bond acceptors (Lipinski definition) is 2. The van der Waals surface area contributed by atoms with Gasteiger partial charge in [-0.15, -0.1) is 0 Å². The Hall–Kier alpha value is -1.40. The molecule has 0 N–H and O–H groups in total. The van der Waals surface area contributed by atoms with Gasteiger partial charge < -0.3 is 0 Å². The van der Waals surface area contributed by atoms with E-state index in [1.54, 1.807) is 6.08 Å². The molecule has 2 heteroatoms. The van der Waals surface area contributed by atoms with Gasteiger partial charge in [-0.2, -0.15) is 0 Å². The predicted octanol–water partition coefficient (Wildman–Crippen LogP) is 2.73. The minimum Gasteiger partial charge on any atom is -0.211 e. The summed E-state index contributed by atoms with van der Waals surface area (Å²) in [5.41, 5.74) is 1.30. The van der Waals surface area contributed by atoms with Crippen LogP contribution >= 0.6 is 0 Å². The lowest BCUT2D eigenvalue weighted by Crippen LogP contribution is -2.03. The first kappa shape index (κ1) is 10.7. The van der Waals surface area contributed by atoms with E-state index in [0.29, 0.717) is 0 Å². The van der Waals surface area contributed by atoms with Crippen molar-refractivity contribution in [1.82, 2.24) is 0 Å². The summed E-state index contributed by atoms with van der Waals surface area (Å²) in [5, 5.41) is 0. The minimum absolute atomic E-state index is 0.132. The summed E-state index contributed by atoms with van der Waals surface area (Å²) < 4.78 is 0. The molecule has 1 atom stereocenters. The van der Waals surface area contributed by atoms with Gasteiger partial charge >= 0.3 is 0 Å². The molecule has 0 aliphatic heterocycles. The van der Waals surface area contributed by atoms with Gasteiger partial charge in [0.15, 0.2) is 0 Å². The second-order valence-electron chi connectivity index (χ2n) is 3.31. The quantitative estimate of drug-likeness (QED) is 0.517. The van der Waals surface area contributed by atoms with Crippen molar-refractivity contribution in [3.8, 4) is 0 Å². The van der Waals surface area contributed by atoms with Crippen LogP contribution in [0.1, 0.15) is 25.3 Å². The fraction of sp³-hybridized carbons (Fsp3) is 0.417. The van der Waals surface area contributed by atoms with E-state index >= 15 is 0 Å². The van der Waals surface area contributed by atoms with Gasteiger partial charge in [0.05, 0.1) is 6.04 Å². The molecule has 1 unspecified atom stereocenters. The Labute approximate surface area is 84.7 Å². The maximum Gasteiger partial charge on any atom is 0.235 e. The summed E-state index contributed by atoms with van der Waals surface area (Å²) in [4.78, 5) is 13.8. The third-order valence-electron chi connectivity index (χ3n) is 2.32. The van der Waals surface area contributed by atoms with Crippen molar-refractivity contribution < 1.29 is 4.79 Å². The standard InChI is InChI=1S/C12H15NO/c1-2-12(13-10-14)9-8-11-6-4-3-5-7-11/h3-7,12H,2,8-9H2,1H3. The van der Waals surface area contributed by atoms with Gasteiger partial charge in [0, 0.05) is 0 Å². The van der Waals surface area contributed by atoms with Crippen LogP contribution in [0, 0.1) is 0 Å². The van der Waals surface area contributed by atoms with Crippen LogP contribution in [0.2, 0.25) is 0 Å². The lowest BCUT2D eigenvalue weighted by Gasteiger charge is -2.06. The zero-order valence-corrected chi connectivity index (χ0v) is 8.44. The highest BCUT2D eigenvalue weighted by Crippen LogP contribution is 2.09. The molecule has 0 bridgehead atoms. The first-order chi connectivity index (χ1) is 6.86. The SMILES string of the molecule is CCC(CCc1ccccc1)N=C=O. The van der Waals surface area contributed by atoms with Crippen molar-refractivity contribution in [2.45, 2.75) is 32.2 Å². The van der Waals surface area contributed by atoms with Crippen LogP contribution in [0.3, 0.4) is 0 Å². The summed E-state index contributed by atoms with van der Waals surface area (Å²) in [6, 6.07) is 10.4. The smallest absolute Gasteiger partial charge is 0.211 e. The van der Waals surface area contributed by atoms with Gasteiger partial charge in [-0.25, -0.2) is 9.79 Å². The molecule has 74 valence electrons. The van der Waals surface area contributed by atoms with E-state index in [4.69, 9.17) is 0 Å². The molecule has 1 rings (SSSR count). The normalized spacial score (nSPS) is 11.8. The van der Waals surface area contributed by atoms with Crippen LogP contribution in [0.25, 0.3) is 0 Å². The molecule has 0 aromatic heterocycles. The topological polar surface area (TPSA) is 29.4 Å². The molecular weight excluding hydrogens is 174 g/mol. The lowest BCUT2D eigenvalue weighted by atomic mass is 10.0. The Morgan fingerprint density at radius 1 is 1.36 bits per heavy atom. The van der Waals surface area contributed by atoms with E-state index < -0.39 is 0 Å². The molecule has 0 saturated carbocycles. The molecular formula is C12H15NO. The molecule has 0 aliphatic carbocycles.